The molecule has 0 spiro atoms. The maximum absolute atomic E-state index is 13.0. The van der Waals surface area contributed by atoms with Gasteiger partial charge < -0.3 is 10.1 Å². The molecule has 0 atom stereocenters. The molecule has 0 saturated heterocycles. The molecule has 144 valence electrons. The Kier molecular flexibility index (Phi) is 5.72. The van der Waals surface area contributed by atoms with E-state index in [-0.39, 0.29) is 34.4 Å². The Morgan fingerprint density at radius 2 is 1.68 bits per heavy atom. The molecule has 0 heterocycles. The predicted octanol–water partition coefficient (Wildman–Crippen LogP) is 3.45. The highest BCUT2D eigenvalue weighted by atomic mass is 32.2. The average molecular weight is 400 g/mol. The molecule has 0 saturated carbocycles. The lowest BCUT2D eigenvalue weighted by Gasteiger charge is -2.12. The van der Waals surface area contributed by atoms with Gasteiger partial charge in [-0.15, -0.1) is 0 Å². The fourth-order valence-electron chi connectivity index (χ4n) is 2.51. The maximum atomic E-state index is 13.0. The Morgan fingerprint density at radius 3 is 2.32 bits per heavy atom. The monoisotopic (exact) mass is 400 g/mol. The second-order valence-corrected chi connectivity index (χ2v) is 7.50. The van der Waals surface area contributed by atoms with Crippen molar-refractivity contribution in [2.24, 2.45) is 5.14 Å². The first-order valence-electron chi connectivity index (χ1n) is 8.25. The van der Waals surface area contributed by atoms with Crippen LogP contribution in [0.5, 0.6) is 11.5 Å². The van der Waals surface area contributed by atoms with Gasteiger partial charge in [0.15, 0.2) is 0 Å². The first-order chi connectivity index (χ1) is 13.3. The molecule has 0 aliphatic rings. The second kappa shape index (κ2) is 8.20. The number of primary sulfonamides is 1. The SMILES string of the molecule is NS(=O)(=O)c1cc(NC(=O)Cc2ccccc2)ccc1Oc1ccc(F)cc1. The Morgan fingerprint density at radius 1 is 1.00 bits per heavy atom. The Labute approximate surface area is 161 Å². The number of rotatable bonds is 6. The van der Waals surface area contributed by atoms with Crippen LogP contribution < -0.4 is 15.2 Å². The van der Waals surface area contributed by atoms with E-state index in [0.717, 1.165) is 5.56 Å². The van der Waals surface area contributed by atoms with Gasteiger partial charge in [0.1, 0.15) is 22.2 Å². The quantitative estimate of drug-likeness (QED) is 0.662. The molecule has 0 fully saturated rings. The number of carbonyl (C=O) groups is 1. The highest BCUT2D eigenvalue weighted by Crippen LogP contribution is 2.30. The van der Waals surface area contributed by atoms with Gasteiger partial charge in [0.05, 0.1) is 6.42 Å². The van der Waals surface area contributed by atoms with Crippen LogP contribution in [0.3, 0.4) is 0 Å². The Hall–Kier alpha value is -3.23. The van der Waals surface area contributed by atoms with Crippen LogP contribution in [-0.2, 0) is 21.2 Å². The van der Waals surface area contributed by atoms with Crippen molar-refractivity contribution in [3.05, 3.63) is 84.2 Å². The molecule has 0 bridgehead atoms. The van der Waals surface area contributed by atoms with Gasteiger partial charge in [-0.3, -0.25) is 4.79 Å². The van der Waals surface area contributed by atoms with Gasteiger partial charge in [-0.1, -0.05) is 30.3 Å². The molecular formula is C20H17FN2O4S. The lowest BCUT2D eigenvalue weighted by atomic mass is 10.1. The molecule has 0 aliphatic carbocycles. The third-order valence-electron chi connectivity index (χ3n) is 3.78. The standard InChI is InChI=1S/C20H17FN2O4S/c21-15-6-9-17(10-7-15)27-18-11-8-16(13-19(18)28(22,25)26)23-20(24)12-14-4-2-1-3-5-14/h1-11,13H,12H2,(H,23,24)(H2,22,25,26). The van der Waals surface area contributed by atoms with Crippen molar-refractivity contribution in [3.63, 3.8) is 0 Å². The zero-order valence-electron chi connectivity index (χ0n) is 14.6. The number of amides is 1. The predicted molar refractivity (Wildman–Crippen MR) is 103 cm³/mol. The third-order valence-corrected chi connectivity index (χ3v) is 4.72. The number of ether oxygens (including phenoxy) is 1. The van der Waals surface area contributed by atoms with Gasteiger partial charge >= 0.3 is 0 Å². The molecule has 1 amide bonds. The van der Waals surface area contributed by atoms with E-state index < -0.39 is 15.8 Å². The van der Waals surface area contributed by atoms with E-state index in [0.29, 0.717) is 0 Å². The number of carbonyl (C=O) groups excluding carboxylic acids is 1. The number of hydrogen-bond donors (Lipinski definition) is 2. The summed E-state index contributed by atoms with van der Waals surface area (Å²) in [6.45, 7) is 0. The van der Waals surface area contributed by atoms with Crippen LogP contribution in [0.15, 0.2) is 77.7 Å². The summed E-state index contributed by atoms with van der Waals surface area (Å²) in [4.78, 5) is 11.9. The maximum Gasteiger partial charge on any atom is 0.241 e. The van der Waals surface area contributed by atoms with Crippen molar-refractivity contribution < 1.29 is 22.3 Å². The fraction of sp³-hybridized carbons (Fsp3) is 0.0500. The van der Waals surface area contributed by atoms with Gasteiger partial charge in [-0.05, 0) is 48.0 Å². The van der Waals surface area contributed by atoms with Gasteiger partial charge in [0, 0.05) is 5.69 Å². The molecular weight excluding hydrogens is 383 g/mol. The number of halogens is 1. The van der Waals surface area contributed by atoms with Gasteiger partial charge in [-0.2, -0.15) is 0 Å². The van der Waals surface area contributed by atoms with Crippen molar-refractivity contribution in [2.75, 3.05) is 5.32 Å². The lowest BCUT2D eigenvalue weighted by Crippen LogP contribution is -2.17. The summed E-state index contributed by atoms with van der Waals surface area (Å²) in [6, 6.07) is 18.3. The molecule has 3 N–H and O–H groups in total. The number of nitrogens with one attached hydrogen (secondary N) is 1. The molecule has 28 heavy (non-hydrogen) atoms. The molecule has 3 rings (SSSR count). The van der Waals surface area contributed by atoms with Crippen molar-refractivity contribution in [3.8, 4) is 11.5 Å². The van der Waals surface area contributed by atoms with Crippen LogP contribution >= 0.6 is 0 Å². The summed E-state index contributed by atoms with van der Waals surface area (Å²) in [5.41, 5.74) is 1.08. The first kappa shape index (κ1) is 19.5. The molecule has 0 aliphatic heterocycles. The smallest absolute Gasteiger partial charge is 0.241 e. The Balaban J connectivity index is 1.82. The topological polar surface area (TPSA) is 98.5 Å². The van der Waals surface area contributed by atoms with Crippen LogP contribution in [0, 0.1) is 5.82 Å². The summed E-state index contributed by atoms with van der Waals surface area (Å²) in [5, 5.41) is 7.92. The summed E-state index contributed by atoms with van der Waals surface area (Å²) in [7, 11) is -4.13. The molecule has 6 nitrogen and oxygen atoms in total. The molecule has 8 heteroatoms. The van der Waals surface area contributed by atoms with Crippen LogP contribution in [0.4, 0.5) is 10.1 Å². The minimum atomic E-state index is -4.13. The zero-order valence-corrected chi connectivity index (χ0v) is 15.4. The van der Waals surface area contributed by atoms with E-state index in [2.05, 4.69) is 5.32 Å². The minimum Gasteiger partial charge on any atom is -0.456 e. The van der Waals surface area contributed by atoms with Crippen molar-refractivity contribution in [1.29, 1.82) is 0 Å². The molecule has 0 unspecified atom stereocenters. The summed E-state index contributed by atoms with van der Waals surface area (Å²) in [5.74, 6) is -0.545. The largest absolute Gasteiger partial charge is 0.456 e. The number of sulfonamides is 1. The van der Waals surface area contributed by atoms with Crippen LogP contribution in [-0.4, -0.2) is 14.3 Å². The van der Waals surface area contributed by atoms with Gasteiger partial charge in [0.25, 0.3) is 0 Å². The highest BCUT2D eigenvalue weighted by Gasteiger charge is 2.18. The number of nitrogens with two attached hydrogens (primary N) is 1. The zero-order chi connectivity index (χ0) is 20.1. The van der Waals surface area contributed by atoms with E-state index in [9.17, 15) is 17.6 Å². The molecule has 3 aromatic rings. The van der Waals surface area contributed by atoms with Gasteiger partial charge in [-0.25, -0.2) is 17.9 Å². The van der Waals surface area contributed by atoms with Crippen LogP contribution in [0.1, 0.15) is 5.56 Å². The van der Waals surface area contributed by atoms with Gasteiger partial charge in [0.2, 0.25) is 15.9 Å². The van der Waals surface area contributed by atoms with E-state index >= 15 is 0 Å². The van der Waals surface area contributed by atoms with Crippen LogP contribution in [0.2, 0.25) is 0 Å². The summed E-state index contributed by atoms with van der Waals surface area (Å²) < 4.78 is 42.4. The first-order valence-corrected chi connectivity index (χ1v) is 9.80. The lowest BCUT2D eigenvalue weighted by molar-refractivity contribution is -0.115. The summed E-state index contributed by atoms with van der Waals surface area (Å²) in [6.07, 6.45) is 0.138. The minimum absolute atomic E-state index is 0.0323. The number of hydrogen-bond acceptors (Lipinski definition) is 4. The fourth-order valence-corrected chi connectivity index (χ4v) is 3.19. The van der Waals surface area contributed by atoms with Crippen LogP contribution in [0.25, 0.3) is 0 Å². The molecule has 0 radical (unpaired) electrons. The third kappa shape index (κ3) is 5.15. The van der Waals surface area contributed by atoms with Crippen molar-refractivity contribution >= 4 is 21.6 Å². The second-order valence-electron chi connectivity index (χ2n) is 5.97. The van der Waals surface area contributed by atoms with E-state index in [1.54, 1.807) is 0 Å². The average Bonchev–Trinajstić information content (AvgIpc) is 2.65. The number of benzene rings is 3. The number of anilines is 1. The normalized spacial score (nSPS) is 11.1. The Bertz CT molecular complexity index is 1080. The molecule has 3 aromatic carbocycles. The van der Waals surface area contributed by atoms with E-state index in [4.69, 9.17) is 9.88 Å². The highest BCUT2D eigenvalue weighted by molar-refractivity contribution is 7.89. The van der Waals surface area contributed by atoms with Crippen molar-refractivity contribution in [2.45, 2.75) is 11.3 Å². The van der Waals surface area contributed by atoms with E-state index in [1.807, 2.05) is 30.3 Å². The van der Waals surface area contributed by atoms with Crippen molar-refractivity contribution in [1.82, 2.24) is 0 Å². The molecule has 0 aromatic heterocycles. The van der Waals surface area contributed by atoms with E-state index in [1.165, 1.54) is 42.5 Å². The summed E-state index contributed by atoms with van der Waals surface area (Å²) >= 11 is 0.